The van der Waals surface area contributed by atoms with Crippen molar-refractivity contribution in [3.8, 4) is 6.07 Å². The lowest BCUT2D eigenvalue weighted by Gasteiger charge is -2.09. The molecule has 0 aliphatic rings. The lowest BCUT2D eigenvalue weighted by atomic mass is 10.2. The van der Waals surface area contributed by atoms with Gasteiger partial charge < -0.3 is 10.7 Å². The Hall–Kier alpha value is -2.70. The van der Waals surface area contributed by atoms with Crippen molar-refractivity contribution in [2.45, 2.75) is 0 Å². The molecule has 0 saturated carbocycles. The Morgan fingerprint density at radius 3 is 2.67 bits per heavy atom. The number of aromatic nitrogens is 1. The van der Waals surface area contributed by atoms with Crippen LogP contribution in [0.1, 0.15) is 5.56 Å². The van der Waals surface area contributed by atoms with Gasteiger partial charge in [-0.05, 0) is 18.2 Å². The Morgan fingerprint density at radius 1 is 1.33 bits per heavy atom. The lowest BCUT2D eigenvalue weighted by molar-refractivity contribution is -0.384. The number of nitro groups is 1. The number of anilines is 3. The van der Waals surface area contributed by atoms with Gasteiger partial charge in [-0.15, -0.1) is 0 Å². The summed E-state index contributed by atoms with van der Waals surface area (Å²) in [6.07, 6.45) is 0. The minimum atomic E-state index is -0.556. The molecule has 21 heavy (non-hydrogen) atoms. The zero-order valence-corrected chi connectivity index (χ0v) is 12.1. The van der Waals surface area contributed by atoms with Gasteiger partial charge in [-0.1, -0.05) is 15.9 Å². The molecule has 0 amide bonds. The summed E-state index contributed by atoms with van der Waals surface area (Å²) in [6, 6.07) is 9.49. The Kier molecular flexibility index (Phi) is 4.32. The summed E-state index contributed by atoms with van der Waals surface area (Å²) in [5, 5.41) is 22.8. The first-order valence-electron chi connectivity index (χ1n) is 5.63. The van der Waals surface area contributed by atoms with Gasteiger partial charge in [-0.3, -0.25) is 10.1 Å². The highest BCUT2D eigenvalue weighted by atomic mass is 79.9. The largest absolute Gasteiger partial charge is 0.339 e. The number of pyridine rings is 1. The van der Waals surface area contributed by atoms with Crippen molar-refractivity contribution >= 4 is 38.9 Å². The van der Waals surface area contributed by atoms with Gasteiger partial charge in [0, 0.05) is 4.47 Å². The van der Waals surface area contributed by atoms with Gasteiger partial charge >= 0.3 is 0 Å². The standard InChI is InChI=1S/C12H9BrN6O2/c13-8-2-1-7(6-14)10(3-8)16-11-4-9(19(20)21)5-12(17-11)18-15/h1-5H,15H2,(H2,16,17,18). The van der Waals surface area contributed by atoms with Crippen LogP contribution in [0, 0.1) is 21.4 Å². The first kappa shape index (κ1) is 14.7. The number of halogens is 1. The molecule has 0 unspecified atom stereocenters. The zero-order chi connectivity index (χ0) is 15.4. The number of nitrogens with two attached hydrogens (primary N) is 1. The van der Waals surface area contributed by atoms with Crippen LogP contribution in [0.2, 0.25) is 0 Å². The molecule has 0 spiro atoms. The smallest absolute Gasteiger partial charge is 0.276 e. The molecule has 0 aliphatic carbocycles. The molecule has 1 aromatic carbocycles. The van der Waals surface area contributed by atoms with Crippen molar-refractivity contribution in [3.63, 3.8) is 0 Å². The highest BCUT2D eigenvalue weighted by Gasteiger charge is 2.12. The van der Waals surface area contributed by atoms with Gasteiger partial charge in [0.15, 0.2) is 0 Å². The number of rotatable bonds is 4. The number of nitrogens with zero attached hydrogens (tertiary/aromatic N) is 3. The maximum absolute atomic E-state index is 10.9. The molecule has 2 rings (SSSR count). The average Bonchev–Trinajstić information content (AvgIpc) is 2.47. The third kappa shape index (κ3) is 3.44. The van der Waals surface area contributed by atoms with E-state index in [0.717, 1.165) is 4.47 Å². The number of nitrogens with one attached hydrogen (secondary N) is 2. The SMILES string of the molecule is N#Cc1ccc(Br)cc1Nc1cc([N+](=O)[O-])cc(NN)n1. The van der Waals surface area contributed by atoms with Crippen LogP contribution in [0.4, 0.5) is 23.0 Å². The lowest BCUT2D eigenvalue weighted by Crippen LogP contribution is -2.10. The van der Waals surface area contributed by atoms with Crippen molar-refractivity contribution in [3.05, 3.63) is 50.5 Å². The van der Waals surface area contributed by atoms with Crippen LogP contribution in [-0.2, 0) is 0 Å². The molecule has 1 aromatic heterocycles. The van der Waals surface area contributed by atoms with Crippen LogP contribution >= 0.6 is 15.9 Å². The molecule has 0 fully saturated rings. The van der Waals surface area contributed by atoms with Crippen LogP contribution < -0.4 is 16.6 Å². The van der Waals surface area contributed by atoms with Crippen LogP contribution in [-0.4, -0.2) is 9.91 Å². The minimum Gasteiger partial charge on any atom is -0.339 e. The van der Waals surface area contributed by atoms with E-state index in [-0.39, 0.29) is 17.3 Å². The predicted molar refractivity (Wildman–Crippen MR) is 80.8 cm³/mol. The van der Waals surface area contributed by atoms with Crippen molar-refractivity contribution in [1.29, 1.82) is 5.26 Å². The summed E-state index contributed by atoms with van der Waals surface area (Å²) in [6.45, 7) is 0. The fourth-order valence-electron chi connectivity index (χ4n) is 1.61. The van der Waals surface area contributed by atoms with Gasteiger partial charge in [0.25, 0.3) is 5.69 Å². The summed E-state index contributed by atoms with van der Waals surface area (Å²) in [5.74, 6) is 5.58. The number of nitriles is 1. The van der Waals surface area contributed by atoms with Crippen LogP contribution in [0.3, 0.4) is 0 Å². The summed E-state index contributed by atoms with van der Waals surface area (Å²) in [7, 11) is 0. The van der Waals surface area contributed by atoms with Gasteiger partial charge in [0.2, 0.25) is 0 Å². The Morgan fingerprint density at radius 2 is 2.05 bits per heavy atom. The summed E-state index contributed by atoms with van der Waals surface area (Å²) < 4.78 is 0.756. The predicted octanol–water partition coefficient (Wildman–Crippen LogP) is 2.65. The van der Waals surface area contributed by atoms with Crippen molar-refractivity contribution < 1.29 is 4.92 Å². The summed E-state index contributed by atoms with van der Waals surface area (Å²) in [5.41, 5.74) is 2.94. The molecular weight excluding hydrogens is 340 g/mol. The number of hydrogen-bond donors (Lipinski definition) is 3. The molecule has 0 radical (unpaired) electrons. The van der Waals surface area contributed by atoms with E-state index in [1.165, 1.54) is 12.1 Å². The second-order valence-electron chi connectivity index (χ2n) is 3.92. The number of hydrazine groups is 1. The Balaban J connectivity index is 2.44. The molecule has 0 saturated heterocycles. The van der Waals surface area contributed by atoms with Crippen LogP contribution in [0.5, 0.6) is 0 Å². The number of benzene rings is 1. The molecule has 1 heterocycles. The quantitative estimate of drug-likeness (QED) is 0.439. The average molecular weight is 349 g/mol. The molecule has 0 aliphatic heterocycles. The van der Waals surface area contributed by atoms with Crippen LogP contribution in [0.15, 0.2) is 34.8 Å². The van der Waals surface area contributed by atoms with Crippen molar-refractivity contribution in [1.82, 2.24) is 4.98 Å². The molecule has 9 heteroatoms. The van der Waals surface area contributed by atoms with E-state index in [1.54, 1.807) is 18.2 Å². The van der Waals surface area contributed by atoms with E-state index >= 15 is 0 Å². The maximum atomic E-state index is 10.9. The van der Waals surface area contributed by atoms with E-state index in [1.807, 2.05) is 6.07 Å². The molecule has 0 atom stereocenters. The first-order chi connectivity index (χ1) is 10.0. The molecule has 0 bridgehead atoms. The minimum absolute atomic E-state index is 0.139. The van der Waals surface area contributed by atoms with E-state index < -0.39 is 4.92 Å². The van der Waals surface area contributed by atoms with E-state index in [2.05, 4.69) is 31.7 Å². The highest BCUT2D eigenvalue weighted by Crippen LogP contribution is 2.26. The number of hydrogen-bond acceptors (Lipinski definition) is 7. The highest BCUT2D eigenvalue weighted by molar-refractivity contribution is 9.10. The maximum Gasteiger partial charge on any atom is 0.276 e. The van der Waals surface area contributed by atoms with Gasteiger partial charge in [-0.2, -0.15) is 5.26 Å². The Bertz CT molecular complexity index is 743. The van der Waals surface area contributed by atoms with Gasteiger partial charge in [0.1, 0.15) is 17.7 Å². The monoisotopic (exact) mass is 348 g/mol. The van der Waals surface area contributed by atoms with E-state index in [4.69, 9.17) is 11.1 Å². The first-order valence-corrected chi connectivity index (χ1v) is 6.42. The summed E-state index contributed by atoms with van der Waals surface area (Å²) >= 11 is 3.29. The van der Waals surface area contributed by atoms with Gasteiger partial charge in [-0.25, -0.2) is 10.8 Å². The van der Waals surface area contributed by atoms with Crippen LogP contribution in [0.25, 0.3) is 0 Å². The topological polar surface area (TPSA) is 130 Å². The second kappa shape index (κ2) is 6.17. The normalized spacial score (nSPS) is 9.76. The Labute approximate surface area is 127 Å². The molecular formula is C12H9BrN6O2. The van der Waals surface area contributed by atoms with Crippen molar-refractivity contribution in [2.75, 3.05) is 10.7 Å². The molecule has 4 N–H and O–H groups in total. The second-order valence-corrected chi connectivity index (χ2v) is 4.84. The fraction of sp³-hybridized carbons (Fsp3) is 0. The molecule has 8 nitrogen and oxygen atoms in total. The van der Waals surface area contributed by atoms with Crippen molar-refractivity contribution in [2.24, 2.45) is 5.84 Å². The van der Waals surface area contributed by atoms with E-state index in [0.29, 0.717) is 11.3 Å². The fourth-order valence-corrected chi connectivity index (χ4v) is 1.98. The zero-order valence-electron chi connectivity index (χ0n) is 10.5. The summed E-state index contributed by atoms with van der Waals surface area (Å²) in [4.78, 5) is 14.4. The third-order valence-electron chi connectivity index (χ3n) is 2.53. The number of nitrogen functional groups attached to an aromatic ring is 1. The molecule has 2 aromatic rings. The third-order valence-corrected chi connectivity index (χ3v) is 3.03. The van der Waals surface area contributed by atoms with Gasteiger partial charge in [0.05, 0.1) is 28.3 Å². The molecule has 106 valence electrons. The van der Waals surface area contributed by atoms with E-state index in [9.17, 15) is 10.1 Å².